The van der Waals surface area contributed by atoms with Gasteiger partial charge in [-0.05, 0) is 50.2 Å². The molecule has 2 rings (SSSR count). The largest absolute Gasteiger partial charge is 0.492 e. The van der Waals surface area contributed by atoms with Gasteiger partial charge in [0.1, 0.15) is 12.4 Å². The summed E-state index contributed by atoms with van der Waals surface area (Å²) in [7, 11) is 1.86. The van der Waals surface area contributed by atoms with Crippen LogP contribution in [0.2, 0.25) is 0 Å². The highest BCUT2D eigenvalue weighted by atomic mass is 79.9. The molecule has 0 aromatic heterocycles. The molecular weight excluding hydrogens is 332 g/mol. The Bertz CT molecular complexity index is 470. The van der Waals surface area contributed by atoms with Gasteiger partial charge in [0.05, 0.1) is 6.54 Å². The van der Waals surface area contributed by atoms with E-state index in [4.69, 9.17) is 4.74 Å². The van der Waals surface area contributed by atoms with Crippen molar-refractivity contribution in [2.45, 2.75) is 19.8 Å². The number of hydrogen-bond donors (Lipinski definition) is 1. The summed E-state index contributed by atoms with van der Waals surface area (Å²) < 4.78 is 6.70. The van der Waals surface area contributed by atoms with E-state index in [9.17, 15) is 4.79 Å². The van der Waals surface area contributed by atoms with Crippen LogP contribution in [0, 0.1) is 5.41 Å². The molecular formula is C16H23BrN2O2. The molecule has 1 heterocycles. The van der Waals surface area contributed by atoms with Crippen LogP contribution in [0.5, 0.6) is 5.75 Å². The molecule has 0 spiro atoms. The fraction of sp³-hybridized carbons (Fsp3) is 0.562. The van der Waals surface area contributed by atoms with Gasteiger partial charge in [-0.1, -0.05) is 22.9 Å². The van der Waals surface area contributed by atoms with Crippen molar-refractivity contribution in [1.82, 2.24) is 10.2 Å². The van der Waals surface area contributed by atoms with Crippen LogP contribution in [-0.2, 0) is 4.79 Å². The van der Waals surface area contributed by atoms with Gasteiger partial charge < -0.3 is 15.0 Å². The highest BCUT2D eigenvalue weighted by Crippen LogP contribution is 2.29. The molecule has 0 atom stereocenters. The number of carbonyl (C=O) groups excluding carboxylic acids is 1. The van der Waals surface area contributed by atoms with Crippen LogP contribution >= 0.6 is 15.9 Å². The number of benzene rings is 1. The fourth-order valence-electron chi connectivity index (χ4n) is 2.59. The van der Waals surface area contributed by atoms with Crippen molar-refractivity contribution in [3.05, 3.63) is 28.7 Å². The van der Waals surface area contributed by atoms with Gasteiger partial charge in [0.15, 0.2) is 0 Å². The highest BCUT2D eigenvalue weighted by molar-refractivity contribution is 9.10. The first-order valence-electron chi connectivity index (χ1n) is 7.36. The third kappa shape index (κ3) is 4.45. The molecule has 1 saturated heterocycles. The molecule has 0 radical (unpaired) electrons. The van der Waals surface area contributed by atoms with Crippen LogP contribution in [0.4, 0.5) is 0 Å². The van der Waals surface area contributed by atoms with E-state index in [2.05, 4.69) is 28.2 Å². The first kappa shape index (κ1) is 16.3. The molecule has 5 heteroatoms. The SMILES string of the molecule is CN(CCOc1ccc(Br)cc1)C(=O)C1(C)CCNCC1. The summed E-state index contributed by atoms with van der Waals surface area (Å²) in [4.78, 5) is 14.3. The third-order valence-corrected chi connectivity index (χ3v) is 4.61. The number of nitrogens with one attached hydrogen (secondary N) is 1. The van der Waals surface area contributed by atoms with E-state index in [1.165, 1.54) is 0 Å². The quantitative estimate of drug-likeness (QED) is 0.883. The van der Waals surface area contributed by atoms with Crippen LogP contribution in [-0.4, -0.2) is 44.1 Å². The normalized spacial score (nSPS) is 17.3. The number of carbonyl (C=O) groups is 1. The maximum Gasteiger partial charge on any atom is 0.228 e. The predicted octanol–water partition coefficient (Wildman–Crippen LogP) is 2.68. The molecule has 1 aromatic carbocycles. The summed E-state index contributed by atoms with van der Waals surface area (Å²) in [6.45, 7) is 5.04. The molecule has 1 aliphatic heterocycles. The lowest BCUT2D eigenvalue weighted by Crippen LogP contribution is -2.47. The van der Waals surface area contributed by atoms with Gasteiger partial charge in [0.25, 0.3) is 0 Å². The average Bonchev–Trinajstić information content (AvgIpc) is 2.49. The minimum Gasteiger partial charge on any atom is -0.492 e. The standard InChI is InChI=1S/C16H23BrN2O2/c1-16(7-9-18-10-8-16)15(20)19(2)11-12-21-14-5-3-13(17)4-6-14/h3-6,18H,7-12H2,1-2H3. The van der Waals surface area contributed by atoms with E-state index in [0.29, 0.717) is 13.2 Å². The number of ether oxygens (including phenoxy) is 1. The van der Waals surface area contributed by atoms with E-state index in [1.54, 1.807) is 4.90 Å². The molecule has 4 nitrogen and oxygen atoms in total. The first-order valence-corrected chi connectivity index (χ1v) is 8.15. The zero-order valence-corrected chi connectivity index (χ0v) is 14.3. The molecule has 0 unspecified atom stereocenters. The van der Waals surface area contributed by atoms with Crippen LogP contribution in [0.1, 0.15) is 19.8 Å². The van der Waals surface area contributed by atoms with Gasteiger partial charge in [-0.3, -0.25) is 4.79 Å². The molecule has 1 amide bonds. The molecule has 1 aromatic rings. The third-order valence-electron chi connectivity index (χ3n) is 4.08. The Balaban J connectivity index is 1.79. The number of likely N-dealkylation sites (N-methyl/N-ethyl adjacent to an activating group) is 1. The Kier molecular flexibility index (Phi) is 5.65. The lowest BCUT2D eigenvalue weighted by atomic mass is 9.80. The molecule has 0 bridgehead atoms. The summed E-state index contributed by atoms with van der Waals surface area (Å²) in [5.41, 5.74) is -0.225. The second-order valence-electron chi connectivity index (χ2n) is 5.84. The molecule has 1 N–H and O–H groups in total. The molecule has 0 saturated carbocycles. The Morgan fingerprint density at radius 1 is 1.33 bits per heavy atom. The summed E-state index contributed by atoms with van der Waals surface area (Å²) >= 11 is 3.39. The van der Waals surface area contributed by atoms with Crippen LogP contribution < -0.4 is 10.1 Å². The van der Waals surface area contributed by atoms with Gasteiger partial charge in [-0.25, -0.2) is 0 Å². The van der Waals surface area contributed by atoms with Crippen molar-refractivity contribution in [2.75, 3.05) is 33.3 Å². The smallest absolute Gasteiger partial charge is 0.228 e. The van der Waals surface area contributed by atoms with Gasteiger partial charge in [-0.2, -0.15) is 0 Å². The Hall–Kier alpha value is -1.07. The molecule has 0 aliphatic carbocycles. The Morgan fingerprint density at radius 2 is 1.95 bits per heavy atom. The summed E-state index contributed by atoms with van der Waals surface area (Å²) in [6, 6.07) is 7.72. The van der Waals surface area contributed by atoms with Crippen molar-refractivity contribution in [3.63, 3.8) is 0 Å². The van der Waals surface area contributed by atoms with Crippen molar-refractivity contribution >= 4 is 21.8 Å². The highest BCUT2D eigenvalue weighted by Gasteiger charge is 2.36. The van der Waals surface area contributed by atoms with Gasteiger partial charge in [-0.15, -0.1) is 0 Å². The number of amides is 1. The molecule has 1 aliphatic rings. The second kappa shape index (κ2) is 7.27. The van der Waals surface area contributed by atoms with E-state index >= 15 is 0 Å². The zero-order chi connectivity index (χ0) is 15.3. The van der Waals surface area contributed by atoms with Gasteiger partial charge >= 0.3 is 0 Å². The van der Waals surface area contributed by atoms with E-state index in [-0.39, 0.29) is 11.3 Å². The molecule has 1 fully saturated rings. The lowest BCUT2D eigenvalue weighted by Gasteiger charge is -2.35. The maximum absolute atomic E-state index is 12.5. The average molecular weight is 355 g/mol. The fourth-order valence-corrected chi connectivity index (χ4v) is 2.85. The van der Waals surface area contributed by atoms with E-state index in [0.717, 1.165) is 36.2 Å². The van der Waals surface area contributed by atoms with Gasteiger partial charge in [0.2, 0.25) is 5.91 Å². The van der Waals surface area contributed by atoms with Crippen molar-refractivity contribution in [2.24, 2.45) is 5.41 Å². The van der Waals surface area contributed by atoms with Crippen LogP contribution in [0.25, 0.3) is 0 Å². The second-order valence-corrected chi connectivity index (χ2v) is 6.76. The van der Waals surface area contributed by atoms with Gasteiger partial charge in [0, 0.05) is 16.9 Å². The predicted molar refractivity (Wildman–Crippen MR) is 87.5 cm³/mol. The first-order chi connectivity index (χ1) is 10.0. The number of piperidine rings is 1. The number of hydrogen-bond acceptors (Lipinski definition) is 3. The maximum atomic E-state index is 12.5. The molecule has 116 valence electrons. The zero-order valence-electron chi connectivity index (χ0n) is 12.7. The topological polar surface area (TPSA) is 41.6 Å². The monoisotopic (exact) mass is 354 g/mol. The van der Waals surface area contributed by atoms with Crippen molar-refractivity contribution in [1.29, 1.82) is 0 Å². The van der Waals surface area contributed by atoms with Crippen LogP contribution in [0.3, 0.4) is 0 Å². The minimum absolute atomic E-state index is 0.225. The summed E-state index contributed by atoms with van der Waals surface area (Å²) in [6.07, 6.45) is 1.81. The lowest BCUT2D eigenvalue weighted by molar-refractivity contribution is -0.141. The number of nitrogens with zero attached hydrogens (tertiary/aromatic N) is 1. The molecule has 21 heavy (non-hydrogen) atoms. The number of halogens is 1. The Labute approximate surface area is 135 Å². The Morgan fingerprint density at radius 3 is 2.57 bits per heavy atom. The van der Waals surface area contributed by atoms with E-state index < -0.39 is 0 Å². The van der Waals surface area contributed by atoms with Crippen molar-refractivity contribution < 1.29 is 9.53 Å². The minimum atomic E-state index is -0.225. The summed E-state index contributed by atoms with van der Waals surface area (Å²) in [5.74, 6) is 1.05. The summed E-state index contributed by atoms with van der Waals surface area (Å²) in [5, 5.41) is 3.30. The van der Waals surface area contributed by atoms with Crippen LogP contribution in [0.15, 0.2) is 28.7 Å². The van der Waals surface area contributed by atoms with Crippen molar-refractivity contribution in [3.8, 4) is 5.75 Å². The number of rotatable bonds is 5. The van der Waals surface area contributed by atoms with E-state index in [1.807, 2.05) is 31.3 Å².